The van der Waals surface area contributed by atoms with Crippen molar-refractivity contribution < 1.29 is 8.99 Å². The first-order valence-corrected chi connectivity index (χ1v) is 12.8. The van der Waals surface area contributed by atoms with Crippen LogP contribution in [0.5, 0.6) is 0 Å². The number of para-hydroxylation sites is 1. The molecule has 2 atom stereocenters. The molecular formula is C31H48NO+. The molecule has 0 saturated carbocycles. The number of benzene rings is 1. The maximum absolute atomic E-state index is 6.31. The van der Waals surface area contributed by atoms with Gasteiger partial charge in [0.05, 0.1) is 0 Å². The summed E-state index contributed by atoms with van der Waals surface area (Å²) in [6.07, 6.45) is 8.76. The summed E-state index contributed by atoms with van der Waals surface area (Å²) >= 11 is 0. The van der Waals surface area contributed by atoms with Gasteiger partial charge in [-0.25, -0.2) is 0 Å². The summed E-state index contributed by atoms with van der Waals surface area (Å²) in [5.41, 5.74) is 4.67. The number of hydrogen-bond acceptors (Lipinski definition) is 1. The molecule has 2 unspecified atom stereocenters. The predicted octanol–water partition coefficient (Wildman–Crippen LogP) is 9.46. The van der Waals surface area contributed by atoms with E-state index in [-0.39, 0.29) is 11.0 Å². The highest BCUT2D eigenvalue weighted by atomic mass is 16.3. The second-order valence-electron chi connectivity index (χ2n) is 9.34. The number of fused-ring (bicyclic) bond motifs is 1. The zero-order valence-electron chi connectivity index (χ0n) is 23.2. The van der Waals surface area contributed by atoms with Gasteiger partial charge >= 0.3 is 0 Å². The van der Waals surface area contributed by atoms with E-state index in [9.17, 15) is 0 Å². The van der Waals surface area contributed by atoms with Gasteiger partial charge in [0.25, 0.3) is 0 Å². The Balaban J connectivity index is 0.00000129. The summed E-state index contributed by atoms with van der Waals surface area (Å²) in [7, 11) is 0. The number of rotatable bonds is 6. The fourth-order valence-electron chi connectivity index (χ4n) is 4.80. The minimum absolute atomic E-state index is 0.0327. The summed E-state index contributed by atoms with van der Waals surface area (Å²) in [5.74, 6) is 1.53. The molecule has 3 rings (SSSR count). The van der Waals surface area contributed by atoms with E-state index < -0.39 is 0 Å². The molecule has 0 spiro atoms. The summed E-state index contributed by atoms with van der Waals surface area (Å²) in [6.45, 7) is 27.9. The van der Waals surface area contributed by atoms with Crippen LogP contribution in [-0.4, -0.2) is 16.3 Å². The average Bonchev–Trinajstić information content (AvgIpc) is 3.38. The summed E-state index contributed by atoms with van der Waals surface area (Å²) in [4.78, 5) is 0. The quantitative estimate of drug-likeness (QED) is 0.316. The predicted molar refractivity (Wildman–Crippen MR) is 147 cm³/mol. The van der Waals surface area contributed by atoms with Crippen LogP contribution in [0.2, 0.25) is 0 Å². The highest BCUT2D eigenvalue weighted by molar-refractivity contribution is 5.81. The van der Waals surface area contributed by atoms with Crippen molar-refractivity contribution in [2.45, 2.75) is 100.0 Å². The van der Waals surface area contributed by atoms with Gasteiger partial charge in [-0.2, -0.15) is 4.58 Å². The van der Waals surface area contributed by atoms with E-state index in [2.05, 4.69) is 90.1 Å². The Morgan fingerprint density at radius 2 is 1.76 bits per heavy atom. The molecule has 0 bridgehead atoms. The molecule has 2 heteroatoms. The molecule has 1 aliphatic heterocycles. The minimum atomic E-state index is -0.163. The van der Waals surface area contributed by atoms with Crippen LogP contribution in [0.15, 0.2) is 70.3 Å². The lowest BCUT2D eigenvalue weighted by Gasteiger charge is -2.24. The summed E-state index contributed by atoms with van der Waals surface area (Å²) in [6, 6.07) is 10.5. The molecule has 0 aliphatic carbocycles. The normalized spacial score (nSPS) is 21.2. The SMILES string of the molecule is C=C/C(C)=C(\C(=CC)C(C)CC)[N+]1=CC(C)(c2cc3ccccc3o2)CC1(C)C.CC.CC. The third-order valence-electron chi connectivity index (χ3n) is 6.50. The van der Waals surface area contributed by atoms with Crippen LogP contribution in [0.1, 0.15) is 94.8 Å². The molecule has 0 N–H and O–H groups in total. The smallest absolute Gasteiger partial charge is 0.211 e. The molecule has 0 fully saturated rings. The van der Waals surface area contributed by atoms with Crippen molar-refractivity contribution in [1.82, 2.24) is 0 Å². The van der Waals surface area contributed by atoms with Crippen molar-refractivity contribution in [3.63, 3.8) is 0 Å². The monoisotopic (exact) mass is 450 g/mol. The lowest BCUT2D eigenvalue weighted by atomic mass is 9.81. The Kier molecular flexibility index (Phi) is 10.6. The maximum atomic E-state index is 6.31. The molecule has 0 amide bonds. The third kappa shape index (κ3) is 5.96. The van der Waals surface area contributed by atoms with E-state index in [0.29, 0.717) is 5.92 Å². The fraction of sp³-hybridized carbons (Fsp3) is 0.516. The van der Waals surface area contributed by atoms with E-state index >= 15 is 0 Å². The highest BCUT2D eigenvalue weighted by Gasteiger charge is 2.52. The average molecular weight is 451 g/mol. The van der Waals surface area contributed by atoms with Crippen molar-refractivity contribution in [3.8, 4) is 0 Å². The van der Waals surface area contributed by atoms with Gasteiger partial charge in [0, 0.05) is 36.8 Å². The van der Waals surface area contributed by atoms with E-state index in [0.717, 1.165) is 24.2 Å². The molecular weight excluding hydrogens is 402 g/mol. The lowest BCUT2D eigenvalue weighted by molar-refractivity contribution is -0.542. The van der Waals surface area contributed by atoms with Crippen molar-refractivity contribution in [2.75, 3.05) is 0 Å². The van der Waals surface area contributed by atoms with E-state index in [1.807, 2.05) is 45.9 Å². The zero-order valence-corrected chi connectivity index (χ0v) is 23.2. The second-order valence-corrected chi connectivity index (χ2v) is 9.34. The van der Waals surface area contributed by atoms with Crippen LogP contribution in [0, 0.1) is 5.92 Å². The van der Waals surface area contributed by atoms with Gasteiger partial charge in [-0.05, 0) is 45.2 Å². The van der Waals surface area contributed by atoms with E-state index in [1.165, 1.54) is 22.2 Å². The molecule has 1 aromatic carbocycles. The van der Waals surface area contributed by atoms with Crippen LogP contribution in [-0.2, 0) is 5.41 Å². The van der Waals surface area contributed by atoms with Gasteiger partial charge in [0.15, 0.2) is 11.8 Å². The molecule has 33 heavy (non-hydrogen) atoms. The van der Waals surface area contributed by atoms with E-state index in [1.54, 1.807) is 0 Å². The Morgan fingerprint density at radius 1 is 1.15 bits per heavy atom. The van der Waals surface area contributed by atoms with Gasteiger partial charge in [-0.1, -0.05) is 78.5 Å². The first-order valence-electron chi connectivity index (χ1n) is 12.8. The summed E-state index contributed by atoms with van der Waals surface area (Å²) in [5, 5.41) is 1.17. The fourth-order valence-corrected chi connectivity index (χ4v) is 4.80. The lowest BCUT2D eigenvalue weighted by Crippen LogP contribution is -2.34. The zero-order chi connectivity index (χ0) is 25.4. The Labute approximate surface area is 203 Å². The first-order chi connectivity index (χ1) is 15.7. The van der Waals surface area contributed by atoms with Crippen molar-refractivity contribution in [3.05, 3.63) is 71.7 Å². The van der Waals surface area contributed by atoms with Gasteiger partial charge in [0.1, 0.15) is 16.8 Å². The number of allylic oxidation sites excluding steroid dienone is 4. The van der Waals surface area contributed by atoms with E-state index in [4.69, 9.17) is 4.42 Å². The molecule has 2 heterocycles. The van der Waals surface area contributed by atoms with Gasteiger partial charge in [-0.3, -0.25) is 0 Å². The molecule has 0 saturated heterocycles. The van der Waals surface area contributed by atoms with Crippen LogP contribution in [0.25, 0.3) is 11.0 Å². The molecule has 2 aromatic rings. The summed E-state index contributed by atoms with van der Waals surface area (Å²) < 4.78 is 8.79. The maximum Gasteiger partial charge on any atom is 0.211 e. The first kappa shape index (κ1) is 28.7. The standard InChI is InChI=1S/C27H36NO.2C2H6/c1-9-19(4)22(11-3)25(20(5)10-2)28-18-27(8,17-26(28,6)7)24-16-21-14-12-13-15-23(21)29-24;2*1-2/h10-16,18-19H,2,9,17H2,1,3-8H3;2*1-2H3/q+1;;/b22-11?,25-20+;;. The Hall–Kier alpha value is -2.35. The highest BCUT2D eigenvalue weighted by Crippen LogP contribution is 2.43. The van der Waals surface area contributed by atoms with Gasteiger partial charge in [-0.15, -0.1) is 0 Å². The number of hydrogen-bond donors (Lipinski definition) is 0. The number of nitrogens with zero attached hydrogens (tertiary/aromatic N) is 1. The van der Waals surface area contributed by atoms with Crippen LogP contribution in [0.4, 0.5) is 0 Å². The third-order valence-corrected chi connectivity index (χ3v) is 6.50. The van der Waals surface area contributed by atoms with Crippen LogP contribution in [0.3, 0.4) is 0 Å². The van der Waals surface area contributed by atoms with Crippen LogP contribution >= 0.6 is 0 Å². The molecule has 1 aromatic heterocycles. The molecule has 0 radical (unpaired) electrons. The van der Waals surface area contributed by atoms with Crippen molar-refractivity contribution >= 4 is 17.2 Å². The minimum Gasteiger partial charge on any atom is -0.460 e. The number of furan rings is 1. The Bertz CT molecular complexity index is 981. The molecule has 1 aliphatic rings. The van der Waals surface area contributed by atoms with Gasteiger partial charge in [0.2, 0.25) is 5.70 Å². The largest absolute Gasteiger partial charge is 0.460 e. The topological polar surface area (TPSA) is 16.1 Å². The molecule has 2 nitrogen and oxygen atoms in total. The van der Waals surface area contributed by atoms with Crippen molar-refractivity contribution in [1.29, 1.82) is 0 Å². The molecule has 182 valence electrons. The van der Waals surface area contributed by atoms with Crippen molar-refractivity contribution in [2.24, 2.45) is 5.92 Å². The van der Waals surface area contributed by atoms with Crippen LogP contribution < -0.4 is 0 Å². The Morgan fingerprint density at radius 3 is 2.27 bits per heavy atom. The van der Waals surface area contributed by atoms with Gasteiger partial charge < -0.3 is 4.42 Å². The second kappa shape index (κ2) is 12.2.